The van der Waals surface area contributed by atoms with Crippen molar-refractivity contribution < 1.29 is 9.53 Å². The molecule has 0 atom stereocenters. The molecular weight excluding hydrogens is 392 g/mol. The number of hydrogen-bond donors (Lipinski definition) is 1. The Morgan fingerprint density at radius 3 is 2.58 bits per heavy atom. The summed E-state index contributed by atoms with van der Waals surface area (Å²) in [6.07, 6.45) is 6.16. The molecule has 31 heavy (non-hydrogen) atoms. The third-order valence-electron chi connectivity index (χ3n) is 6.95. The van der Waals surface area contributed by atoms with Gasteiger partial charge in [0.1, 0.15) is 0 Å². The van der Waals surface area contributed by atoms with Gasteiger partial charge in [-0.25, -0.2) is 9.67 Å². The standard InChI is InChI=1S/C23H34N6O2/c1-3-29-22-19(14-24-29)21(26-18-6-12-31-13-7-18)20(16(2)25-22)15-27-8-10-28(11-9-27)23(30)17-4-5-17/h14,17-18H,3-13,15H2,1-2H3,(H,25,26). The fourth-order valence-electron chi connectivity index (χ4n) is 4.82. The summed E-state index contributed by atoms with van der Waals surface area (Å²) >= 11 is 0. The van der Waals surface area contributed by atoms with E-state index in [0.29, 0.717) is 17.9 Å². The molecule has 0 unspecified atom stereocenters. The molecule has 168 valence electrons. The number of anilines is 1. The van der Waals surface area contributed by atoms with E-state index < -0.39 is 0 Å². The Morgan fingerprint density at radius 1 is 1.16 bits per heavy atom. The molecule has 0 spiro atoms. The quantitative estimate of drug-likeness (QED) is 0.765. The lowest BCUT2D eigenvalue weighted by atomic mass is 10.0. The van der Waals surface area contributed by atoms with E-state index in [4.69, 9.17) is 9.72 Å². The number of piperazine rings is 1. The third-order valence-corrected chi connectivity index (χ3v) is 6.95. The van der Waals surface area contributed by atoms with Crippen molar-refractivity contribution in [2.45, 2.75) is 58.7 Å². The van der Waals surface area contributed by atoms with Crippen molar-refractivity contribution in [2.75, 3.05) is 44.7 Å². The van der Waals surface area contributed by atoms with Gasteiger partial charge in [-0.2, -0.15) is 5.10 Å². The van der Waals surface area contributed by atoms with Crippen LogP contribution in [0.3, 0.4) is 0 Å². The number of pyridine rings is 1. The van der Waals surface area contributed by atoms with Gasteiger partial charge in [0.15, 0.2) is 5.65 Å². The number of amides is 1. The van der Waals surface area contributed by atoms with E-state index in [1.165, 1.54) is 11.3 Å². The molecule has 1 amide bonds. The minimum Gasteiger partial charge on any atom is -0.381 e. The summed E-state index contributed by atoms with van der Waals surface area (Å²) in [7, 11) is 0. The van der Waals surface area contributed by atoms with Crippen molar-refractivity contribution >= 4 is 22.6 Å². The van der Waals surface area contributed by atoms with Gasteiger partial charge in [0.25, 0.3) is 0 Å². The average Bonchev–Trinajstić information content (AvgIpc) is 3.57. The van der Waals surface area contributed by atoms with Crippen LogP contribution in [0.15, 0.2) is 6.20 Å². The Labute approximate surface area is 183 Å². The fraction of sp³-hybridized carbons (Fsp3) is 0.696. The molecule has 8 heteroatoms. The van der Waals surface area contributed by atoms with Crippen molar-refractivity contribution in [3.05, 3.63) is 17.5 Å². The summed E-state index contributed by atoms with van der Waals surface area (Å²) < 4.78 is 7.54. The second-order valence-corrected chi connectivity index (χ2v) is 9.16. The van der Waals surface area contributed by atoms with E-state index in [1.807, 2.05) is 10.9 Å². The van der Waals surface area contributed by atoms with Crippen LogP contribution < -0.4 is 5.32 Å². The fourth-order valence-corrected chi connectivity index (χ4v) is 4.82. The summed E-state index contributed by atoms with van der Waals surface area (Å²) in [5.74, 6) is 0.679. The first-order chi connectivity index (χ1) is 15.1. The highest BCUT2D eigenvalue weighted by atomic mass is 16.5. The molecule has 4 heterocycles. The van der Waals surface area contributed by atoms with Crippen LogP contribution in [-0.2, 0) is 22.6 Å². The van der Waals surface area contributed by atoms with Gasteiger partial charge >= 0.3 is 0 Å². The van der Waals surface area contributed by atoms with Crippen LogP contribution in [0.1, 0.15) is 43.9 Å². The molecule has 2 aromatic heterocycles. The number of carbonyl (C=O) groups excluding carboxylic acids is 1. The zero-order chi connectivity index (χ0) is 21.4. The molecule has 3 aliphatic rings. The monoisotopic (exact) mass is 426 g/mol. The second kappa shape index (κ2) is 8.74. The van der Waals surface area contributed by atoms with Crippen molar-refractivity contribution in [3.63, 3.8) is 0 Å². The zero-order valence-corrected chi connectivity index (χ0v) is 18.8. The average molecular weight is 427 g/mol. The van der Waals surface area contributed by atoms with Crippen molar-refractivity contribution in [1.82, 2.24) is 24.6 Å². The van der Waals surface area contributed by atoms with Gasteiger partial charge in [0.2, 0.25) is 5.91 Å². The number of fused-ring (bicyclic) bond motifs is 1. The Balaban J connectivity index is 1.38. The number of nitrogens with one attached hydrogen (secondary N) is 1. The Kier molecular flexibility index (Phi) is 5.84. The molecule has 2 aliphatic heterocycles. The Hall–Kier alpha value is -2.19. The molecular formula is C23H34N6O2. The van der Waals surface area contributed by atoms with E-state index in [-0.39, 0.29) is 0 Å². The molecule has 1 saturated carbocycles. The number of aromatic nitrogens is 3. The first-order valence-electron chi connectivity index (χ1n) is 11.8. The van der Waals surface area contributed by atoms with E-state index in [1.54, 1.807) is 0 Å². The molecule has 0 radical (unpaired) electrons. The molecule has 5 rings (SSSR count). The minimum atomic E-state index is 0.311. The summed E-state index contributed by atoms with van der Waals surface area (Å²) in [6.45, 7) is 11.0. The lowest BCUT2D eigenvalue weighted by Crippen LogP contribution is -2.48. The maximum Gasteiger partial charge on any atom is 0.225 e. The smallest absolute Gasteiger partial charge is 0.225 e. The van der Waals surface area contributed by atoms with E-state index in [9.17, 15) is 4.79 Å². The van der Waals surface area contributed by atoms with Crippen molar-refractivity contribution in [2.24, 2.45) is 5.92 Å². The number of nitrogens with zero attached hydrogens (tertiary/aromatic N) is 5. The van der Waals surface area contributed by atoms with E-state index >= 15 is 0 Å². The van der Waals surface area contributed by atoms with Gasteiger partial charge in [-0.15, -0.1) is 0 Å². The highest BCUT2D eigenvalue weighted by molar-refractivity contribution is 5.91. The predicted molar refractivity (Wildman–Crippen MR) is 120 cm³/mol. The summed E-state index contributed by atoms with van der Waals surface area (Å²) in [4.78, 5) is 21.9. The topological polar surface area (TPSA) is 75.5 Å². The first kappa shape index (κ1) is 20.7. The van der Waals surface area contributed by atoms with Gasteiger partial charge in [-0.3, -0.25) is 9.69 Å². The van der Waals surface area contributed by atoms with Crippen LogP contribution in [0, 0.1) is 12.8 Å². The molecule has 2 aromatic rings. The molecule has 1 N–H and O–H groups in total. The molecule has 1 aliphatic carbocycles. The van der Waals surface area contributed by atoms with Gasteiger partial charge in [0, 0.05) is 75.7 Å². The van der Waals surface area contributed by atoms with Crippen LogP contribution in [-0.4, -0.2) is 75.9 Å². The van der Waals surface area contributed by atoms with Gasteiger partial charge in [0.05, 0.1) is 17.3 Å². The molecule has 0 bridgehead atoms. The van der Waals surface area contributed by atoms with Crippen LogP contribution >= 0.6 is 0 Å². The second-order valence-electron chi connectivity index (χ2n) is 9.16. The largest absolute Gasteiger partial charge is 0.381 e. The minimum absolute atomic E-state index is 0.311. The first-order valence-corrected chi connectivity index (χ1v) is 11.8. The molecule has 0 aromatic carbocycles. The number of hydrogen-bond acceptors (Lipinski definition) is 6. The number of carbonyl (C=O) groups is 1. The lowest BCUT2D eigenvalue weighted by molar-refractivity contribution is -0.134. The van der Waals surface area contributed by atoms with Crippen molar-refractivity contribution in [3.8, 4) is 0 Å². The van der Waals surface area contributed by atoms with Gasteiger partial charge in [-0.1, -0.05) is 0 Å². The normalized spacial score (nSPS) is 21.0. The highest BCUT2D eigenvalue weighted by Gasteiger charge is 2.34. The van der Waals surface area contributed by atoms with E-state index in [2.05, 4.69) is 34.1 Å². The summed E-state index contributed by atoms with van der Waals surface area (Å²) in [6, 6.07) is 0.412. The van der Waals surface area contributed by atoms with Crippen LogP contribution in [0.2, 0.25) is 0 Å². The van der Waals surface area contributed by atoms with Crippen LogP contribution in [0.25, 0.3) is 11.0 Å². The highest BCUT2D eigenvalue weighted by Crippen LogP contribution is 2.33. The summed E-state index contributed by atoms with van der Waals surface area (Å²) in [5, 5.41) is 9.53. The molecule has 8 nitrogen and oxygen atoms in total. The number of ether oxygens (including phenoxy) is 1. The van der Waals surface area contributed by atoms with Crippen LogP contribution in [0.5, 0.6) is 0 Å². The lowest BCUT2D eigenvalue weighted by Gasteiger charge is -2.35. The maximum atomic E-state index is 12.4. The summed E-state index contributed by atoms with van der Waals surface area (Å²) in [5.41, 5.74) is 4.47. The van der Waals surface area contributed by atoms with E-state index in [0.717, 1.165) is 94.9 Å². The zero-order valence-electron chi connectivity index (χ0n) is 18.8. The third kappa shape index (κ3) is 4.28. The number of aryl methyl sites for hydroxylation is 2. The van der Waals surface area contributed by atoms with Gasteiger partial charge < -0.3 is 15.0 Å². The molecule has 3 fully saturated rings. The Bertz CT molecular complexity index is 939. The molecule has 2 saturated heterocycles. The van der Waals surface area contributed by atoms with Crippen molar-refractivity contribution in [1.29, 1.82) is 0 Å². The van der Waals surface area contributed by atoms with Crippen LogP contribution in [0.4, 0.5) is 5.69 Å². The SMILES string of the molecule is CCn1ncc2c(NC3CCOCC3)c(CN3CCN(C(=O)C4CC4)CC3)c(C)nc21. The maximum absolute atomic E-state index is 12.4. The predicted octanol–water partition coefficient (Wildman–Crippen LogP) is 2.40. The number of rotatable bonds is 6. The Morgan fingerprint density at radius 2 is 1.90 bits per heavy atom. The van der Waals surface area contributed by atoms with Gasteiger partial charge in [-0.05, 0) is 39.5 Å².